The van der Waals surface area contributed by atoms with E-state index in [-0.39, 0.29) is 6.04 Å². The highest BCUT2D eigenvalue weighted by Crippen LogP contribution is 2.34. The summed E-state index contributed by atoms with van der Waals surface area (Å²) in [4.78, 5) is 0. The van der Waals surface area contributed by atoms with Crippen LogP contribution in [0, 0.1) is 0 Å². The summed E-state index contributed by atoms with van der Waals surface area (Å²) >= 11 is 3.35. The van der Waals surface area contributed by atoms with Crippen molar-refractivity contribution in [1.82, 2.24) is 5.32 Å². The van der Waals surface area contributed by atoms with Crippen LogP contribution in [0.1, 0.15) is 30.7 Å². The maximum Gasteiger partial charge on any atom is 0.169 e. The molecule has 0 aliphatic carbocycles. The van der Waals surface area contributed by atoms with Crippen LogP contribution in [-0.4, -0.2) is 20.8 Å². The molecule has 0 saturated carbocycles. The summed E-state index contributed by atoms with van der Waals surface area (Å²) < 4.78 is 17.3. The number of hydrogen-bond donors (Lipinski definition) is 1. The van der Waals surface area contributed by atoms with Crippen LogP contribution < -0.4 is 14.8 Å². The minimum absolute atomic E-state index is 0.0821. The second-order valence-corrected chi connectivity index (χ2v) is 5.42. The number of benzene rings is 1. The van der Waals surface area contributed by atoms with Crippen LogP contribution in [0.5, 0.6) is 11.5 Å². The second kappa shape index (κ2) is 7.52. The highest BCUT2D eigenvalue weighted by Gasteiger charge is 2.21. The van der Waals surface area contributed by atoms with Gasteiger partial charge in [-0.15, -0.1) is 0 Å². The third kappa shape index (κ3) is 3.80. The zero-order valence-corrected chi connectivity index (χ0v) is 14.1. The van der Waals surface area contributed by atoms with Crippen molar-refractivity contribution in [3.63, 3.8) is 0 Å². The Morgan fingerprint density at radius 1 is 1.19 bits per heavy atom. The zero-order chi connectivity index (χ0) is 15.2. The van der Waals surface area contributed by atoms with Crippen molar-refractivity contribution in [3.8, 4) is 11.5 Å². The monoisotopic (exact) mass is 353 g/mol. The molecule has 0 aliphatic heterocycles. The Bertz CT molecular complexity index is 583. The van der Waals surface area contributed by atoms with Gasteiger partial charge in [0.2, 0.25) is 0 Å². The van der Waals surface area contributed by atoms with Crippen LogP contribution in [0.25, 0.3) is 0 Å². The highest BCUT2D eigenvalue weighted by atomic mass is 79.9. The molecule has 1 unspecified atom stereocenters. The molecule has 0 saturated heterocycles. The lowest BCUT2D eigenvalue weighted by atomic mass is 10.0. The van der Waals surface area contributed by atoms with Crippen LogP contribution in [0.4, 0.5) is 0 Å². The molecular formula is C16H20BrNO3. The number of methoxy groups -OCH3 is 2. The van der Waals surface area contributed by atoms with Crippen molar-refractivity contribution in [2.24, 2.45) is 0 Å². The second-order valence-electron chi connectivity index (χ2n) is 4.64. The van der Waals surface area contributed by atoms with E-state index in [2.05, 4.69) is 28.2 Å². The SMILES string of the molecule is CCCNC(c1ccc(Br)o1)c1cc(OC)ccc1OC. The molecule has 0 radical (unpaired) electrons. The molecule has 1 atom stereocenters. The lowest BCUT2D eigenvalue weighted by molar-refractivity contribution is 0.382. The molecule has 114 valence electrons. The summed E-state index contributed by atoms with van der Waals surface area (Å²) in [5.41, 5.74) is 0.993. The van der Waals surface area contributed by atoms with Gasteiger partial charge in [-0.2, -0.15) is 0 Å². The zero-order valence-electron chi connectivity index (χ0n) is 12.5. The Morgan fingerprint density at radius 3 is 2.57 bits per heavy atom. The van der Waals surface area contributed by atoms with E-state index in [1.807, 2.05) is 30.3 Å². The summed E-state index contributed by atoms with van der Waals surface area (Å²) in [5.74, 6) is 2.43. The first-order valence-electron chi connectivity index (χ1n) is 6.90. The molecule has 0 amide bonds. The molecule has 4 nitrogen and oxygen atoms in total. The Hall–Kier alpha value is -1.46. The number of halogens is 1. The van der Waals surface area contributed by atoms with E-state index >= 15 is 0 Å². The van der Waals surface area contributed by atoms with Crippen molar-refractivity contribution in [1.29, 1.82) is 0 Å². The van der Waals surface area contributed by atoms with E-state index in [0.29, 0.717) is 4.67 Å². The number of hydrogen-bond acceptors (Lipinski definition) is 4. The summed E-state index contributed by atoms with van der Waals surface area (Å²) in [6.45, 7) is 3.01. The van der Waals surface area contributed by atoms with Crippen LogP contribution in [-0.2, 0) is 0 Å². The quantitative estimate of drug-likeness (QED) is 0.811. The summed E-state index contributed by atoms with van der Waals surface area (Å²) in [5, 5.41) is 3.49. The average molecular weight is 354 g/mol. The van der Waals surface area contributed by atoms with Gasteiger partial charge in [0, 0.05) is 5.56 Å². The van der Waals surface area contributed by atoms with Crippen molar-refractivity contribution in [2.45, 2.75) is 19.4 Å². The molecule has 0 aliphatic rings. The van der Waals surface area contributed by atoms with Crippen LogP contribution in [0.2, 0.25) is 0 Å². The fraction of sp³-hybridized carbons (Fsp3) is 0.375. The molecule has 1 aromatic carbocycles. The van der Waals surface area contributed by atoms with Gasteiger partial charge in [0.1, 0.15) is 17.3 Å². The Kier molecular flexibility index (Phi) is 5.70. The van der Waals surface area contributed by atoms with Gasteiger partial charge in [0.25, 0.3) is 0 Å². The lowest BCUT2D eigenvalue weighted by Gasteiger charge is -2.20. The molecular weight excluding hydrogens is 334 g/mol. The van der Waals surface area contributed by atoms with Gasteiger partial charge in [-0.3, -0.25) is 0 Å². The number of furan rings is 1. The first-order chi connectivity index (χ1) is 10.2. The molecule has 2 aromatic rings. The minimum atomic E-state index is -0.0821. The molecule has 1 heterocycles. The van der Waals surface area contributed by atoms with Crippen molar-refractivity contribution < 1.29 is 13.9 Å². The molecule has 0 fully saturated rings. The standard InChI is InChI=1S/C16H20BrNO3/c1-4-9-18-16(14-7-8-15(17)21-14)12-10-11(19-2)5-6-13(12)20-3/h5-8,10,16,18H,4,9H2,1-3H3. The number of nitrogens with one attached hydrogen (secondary N) is 1. The van der Waals surface area contributed by atoms with Crippen LogP contribution in [0.15, 0.2) is 39.4 Å². The third-order valence-electron chi connectivity index (χ3n) is 3.22. The molecule has 1 aromatic heterocycles. The van der Waals surface area contributed by atoms with E-state index in [9.17, 15) is 0 Å². The topological polar surface area (TPSA) is 43.6 Å². The largest absolute Gasteiger partial charge is 0.497 e. The van der Waals surface area contributed by atoms with Gasteiger partial charge in [-0.05, 0) is 59.2 Å². The lowest BCUT2D eigenvalue weighted by Crippen LogP contribution is -2.23. The fourth-order valence-electron chi connectivity index (χ4n) is 2.20. The highest BCUT2D eigenvalue weighted by molar-refractivity contribution is 9.10. The van der Waals surface area contributed by atoms with E-state index < -0.39 is 0 Å². The normalized spacial score (nSPS) is 12.2. The van der Waals surface area contributed by atoms with Gasteiger partial charge in [0.15, 0.2) is 4.67 Å². The van der Waals surface area contributed by atoms with Gasteiger partial charge < -0.3 is 19.2 Å². The molecule has 2 rings (SSSR count). The van der Waals surface area contributed by atoms with Gasteiger partial charge in [-0.1, -0.05) is 6.92 Å². The van der Waals surface area contributed by atoms with E-state index in [4.69, 9.17) is 13.9 Å². The van der Waals surface area contributed by atoms with E-state index in [1.165, 1.54) is 0 Å². The Balaban J connectivity index is 2.44. The molecule has 21 heavy (non-hydrogen) atoms. The summed E-state index contributed by atoms with van der Waals surface area (Å²) in [6, 6.07) is 9.53. The minimum Gasteiger partial charge on any atom is -0.497 e. The predicted molar refractivity (Wildman–Crippen MR) is 86.1 cm³/mol. The maximum absolute atomic E-state index is 5.73. The third-order valence-corrected chi connectivity index (χ3v) is 3.65. The van der Waals surface area contributed by atoms with Gasteiger partial charge >= 0.3 is 0 Å². The Morgan fingerprint density at radius 2 is 2.00 bits per heavy atom. The molecule has 0 bridgehead atoms. The van der Waals surface area contributed by atoms with E-state index in [1.54, 1.807) is 14.2 Å². The van der Waals surface area contributed by atoms with Crippen molar-refractivity contribution >= 4 is 15.9 Å². The average Bonchev–Trinajstić information content (AvgIpc) is 2.93. The maximum atomic E-state index is 5.73. The summed E-state index contributed by atoms with van der Waals surface area (Å²) in [6.07, 6.45) is 1.03. The smallest absolute Gasteiger partial charge is 0.169 e. The first kappa shape index (κ1) is 15.9. The number of rotatable bonds is 7. The van der Waals surface area contributed by atoms with Crippen LogP contribution in [0.3, 0.4) is 0 Å². The van der Waals surface area contributed by atoms with Crippen LogP contribution >= 0.6 is 15.9 Å². The Labute approximate surface area is 133 Å². The van der Waals surface area contributed by atoms with Gasteiger partial charge in [-0.25, -0.2) is 0 Å². The molecule has 1 N–H and O–H groups in total. The predicted octanol–water partition coefficient (Wildman–Crippen LogP) is 4.15. The summed E-state index contributed by atoms with van der Waals surface area (Å²) in [7, 11) is 3.32. The molecule has 0 spiro atoms. The number of ether oxygens (including phenoxy) is 2. The fourth-order valence-corrected chi connectivity index (χ4v) is 2.52. The molecule has 5 heteroatoms. The van der Waals surface area contributed by atoms with Gasteiger partial charge in [0.05, 0.1) is 20.3 Å². The van der Waals surface area contributed by atoms with Crippen molar-refractivity contribution in [3.05, 3.63) is 46.3 Å². The first-order valence-corrected chi connectivity index (χ1v) is 7.69. The van der Waals surface area contributed by atoms with E-state index in [0.717, 1.165) is 35.8 Å². The van der Waals surface area contributed by atoms with Crippen molar-refractivity contribution in [2.75, 3.05) is 20.8 Å².